The number of likely N-dealkylation sites (tertiary alicyclic amines) is 1. The third kappa shape index (κ3) is 5.52. The van der Waals surface area contributed by atoms with Crippen molar-refractivity contribution in [1.82, 2.24) is 19.4 Å². The second-order valence-electron chi connectivity index (χ2n) is 13.3. The molecule has 7 rings (SSSR count). The van der Waals surface area contributed by atoms with E-state index < -0.39 is 38.0 Å². The number of piperidine rings is 2. The zero-order valence-electron chi connectivity index (χ0n) is 25.9. The molecule has 0 aliphatic carbocycles. The molecule has 3 aromatic carbocycles. The summed E-state index contributed by atoms with van der Waals surface area (Å²) in [6.07, 6.45) is 6.81. The summed E-state index contributed by atoms with van der Waals surface area (Å²) >= 11 is 0. The number of imidazole rings is 1. The van der Waals surface area contributed by atoms with Gasteiger partial charge in [-0.1, -0.05) is 42.5 Å². The van der Waals surface area contributed by atoms with E-state index in [2.05, 4.69) is 46.7 Å². The van der Waals surface area contributed by atoms with Crippen LogP contribution in [0.2, 0.25) is 0 Å². The Bertz CT molecular complexity index is 1870. The topological polar surface area (TPSA) is 102 Å². The number of sulfonamides is 1. The molecule has 2 N–H and O–H groups in total. The monoisotopic (exact) mass is 647 g/mol. The fourth-order valence-electron chi connectivity index (χ4n) is 8.46. The first-order valence-electron chi connectivity index (χ1n) is 16.1. The molecule has 1 amide bonds. The van der Waals surface area contributed by atoms with Crippen LogP contribution >= 0.6 is 0 Å². The first kappa shape index (κ1) is 31.0. The summed E-state index contributed by atoms with van der Waals surface area (Å²) in [5, 5.41) is 5.15. The molecule has 3 aliphatic rings. The molecule has 8 nitrogen and oxygen atoms in total. The number of hydrogen-bond donors (Lipinski definition) is 1. The molecule has 1 aromatic heterocycles. The van der Waals surface area contributed by atoms with Crippen molar-refractivity contribution in [3.8, 4) is 0 Å². The SMILES string of the molecule is Cc1nc2ccccc2n1C1CC2CCC(C1)N2CCC1(c2ccccc2)CCN(C(=O)c2cc(S(N)(=O)=O)cc(F)c2F)CC1. The van der Waals surface area contributed by atoms with Crippen LogP contribution in [0.1, 0.15) is 72.7 Å². The number of carbonyl (C=O) groups excluding carboxylic acids is 1. The van der Waals surface area contributed by atoms with Gasteiger partial charge in [0.05, 0.1) is 21.5 Å². The summed E-state index contributed by atoms with van der Waals surface area (Å²) in [5.41, 5.74) is 2.68. The van der Waals surface area contributed by atoms with Gasteiger partial charge in [0, 0.05) is 31.2 Å². The third-order valence-electron chi connectivity index (χ3n) is 10.8. The molecule has 2 unspecified atom stereocenters. The lowest BCUT2D eigenvalue weighted by atomic mass is 9.70. The van der Waals surface area contributed by atoms with Crippen molar-refractivity contribution >= 4 is 27.0 Å². The Hall–Kier alpha value is -3.67. The molecular weight excluding hydrogens is 608 g/mol. The summed E-state index contributed by atoms with van der Waals surface area (Å²) in [7, 11) is -4.32. The lowest BCUT2D eigenvalue weighted by Gasteiger charge is -2.45. The minimum absolute atomic E-state index is 0.183. The first-order chi connectivity index (χ1) is 22.0. The molecule has 4 aromatic rings. The Labute approximate surface area is 268 Å². The number of rotatable bonds is 7. The predicted molar refractivity (Wildman–Crippen MR) is 172 cm³/mol. The lowest BCUT2D eigenvalue weighted by Crippen LogP contribution is -2.49. The second-order valence-corrected chi connectivity index (χ2v) is 14.8. The van der Waals surface area contributed by atoms with Crippen molar-refractivity contribution in [3.05, 3.63) is 95.3 Å². The number of para-hydroxylation sites is 2. The molecule has 2 bridgehead atoms. The van der Waals surface area contributed by atoms with E-state index in [-0.39, 0.29) is 5.41 Å². The van der Waals surface area contributed by atoms with Gasteiger partial charge in [0.1, 0.15) is 5.82 Å². The van der Waals surface area contributed by atoms with E-state index in [0.29, 0.717) is 50.1 Å². The van der Waals surface area contributed by atoms with Crippen LogP contribution in [0, 0.1) is 18.6 Å². The van der Waals surface area contributed by atoms with Crippen LogP contribution < -0.4 is 5.14 Å². The van der Waals surface area contributed by atoms with Gasteiger partial charge in [-0.2, -0.15) is 0 Å². The highest BCUT2D eigenvalue weighted by molar-refractivity contribution is 7.89. The molecule has 3 saturated heterocycles. The molecule has 2 atom stereocenters. The van der Waals surface area contributed by atoms with Gasteiger partial charge in [0.15, 0.2) is 11.6 Å². The van der Waals surface area contributed by atoms with Crippen LogP contribution in [0.15, 0.2) is 71.6 Å². The minimum atomic E-state index is -4.32. The molecule has 3 aliphatic heterocycles. The normalized spacial score (nSPS) is 23.2. The predicted octanol–water partition coefficient (Wildman–Crippen LogP) is 5.70. The van der Waals surface area contributed by atoms with Crippen molar-refractivity contribution in [2.45, 2.75) is 80.3 Å². The summed E-state index contributed by atoms with van der Waals surface area (Å²) in [5.74, 6) is -2.44. The number of benzene rings is 3. The number of nitrogens with two attached hydrogens (primary N) is 1. The number of hydrogen-bond acceptors (Lipinski definition) is 5. The van der Waals surface area contributed by atoms with E-state index in [1.54, 1.807) is 0 Å². The summed E-state index contributed by atoms with van der Waals surface area (Å²) in [6.45, 7) is 3.74. The fourth-order valence-corrected chi connectivity index (χ4v) is 9.01. The van der Waals surface area contributed by atoms with E-state index in [9.17, 15) is 22.0 Å². The maximum atomic E-state index is 14.7. The molecule has 0 spiro atoms. The molecule has 0 saturated carbocycles. The molecule has 46 heavy (non-hydrogen) atoms. The molecular formula is C35H39F2N5O3S. The van der Waals surface area contributed by atoms with Crippen LogP contribution in [0.25, 0.3) is 11.0 Å². The highest BCUT2D eigenvalue weighted by atomic mass is 32.2. The average molecular weight is 648 g/mol. The molecule has 0 radical (unpaired) electrons. The van der Waals surface area contributed by atoms with Crippen molar-refractivity contribution in [1.29, 1.82) is 0 Å². The van der Waals surface area contributed by atoms with E-state index >= 15 is 0 Å². The van der Waals surface area contributed by atoms with Crippen LogP contribution in [0.3, 0.4) is 0 Å². The highest BCUT2D eigenvalue weighted by Crippen LogP contribution is 2.45. The zero-order chi connectivity index (χ0) is 32.2. The van der Waals surface area contributed by atoms with Gasteiger partial charge in [-0.25, -0.2) is 27.3 Å². The van der Waals surface area contributed by atoms with Gasteiger partial charge in [0.2, 0.25) is 10.0 Å². The maximum Gasteiger partial charge on any atom is 0.256 e. The van der Waals surface area contributed by atoms with Crippen LogP contribution in [0.5, 0.6) is 0 Å². The Balaban J connectivity index is 1.08. The van der Waals surface area contributed by atoms with Gasteiger partial charge in [0.25, 0.3) is 5.91 Å². The third-order valence-corrected chi connectivity index (χ3v) is 11.7. The first-order valence-corrected chi connectivity index (χ1v) is 17.6. The number of amides is 1. The average Bonchev–Trinajstić information content (AvgIpc) is 3.51. The maximum absolute atomic E-state index is 14.7. The summed E-state index contributed by atoms with van der Waals surface area (Å²) < 4.78 is 55.2. The quantitative estimate of drug-likeness (QED) is 0.277. The number of halogens is 2. The van der Waals surface area contributed by atoms with Crippen molar-refractivity contribution < 1.29 is 22.0 Å². The molecule has 242 valence electrons. The largest absolute Gasteiger partial charge is 0.338 e. The second kappa shape index (κ2) is 11.8. The Morgan fingerprint density at radius 3 is 2.28 bits per heavy atom. The van der Waals surface area contributed by atoms with Crippen molar-refractivity contribution in [3.63, 3.8) is 0 Å². The van der Waals surface area contributed by atoms with Crippen LogP contribution in [-0.4, -0.2) is 65.4 Å². The lowest BCUT2D eigenvalue weighted by molar-refractivity contribution is 0.0602. The van der Waals surface area contributed by atoms with Gasteiger partial charge < -0.3 is 9.47 Å². The number of nitrogens with zero attached hydrogens (tertiary/aromatic N) is 4. The van der Waals surface area contributed by atoms with Gasteiger partial charge in [-0.15, -0.1) is 0 Å². The number of aromatic nitrogens is 2. The zero-order valence-corrected chi connectivity index (χ0v) is 26.7. The minimum Gasteiger partial charge on any atom is -0.338 e. The van der Waals surface area contributed by atoms with E-state index in [0.717, 1.165) is 43.2 Å². The summed E-state index contributed by atoms with van der Waals surface area (Å²) in [4.78, 5) is 21.8. The van der Waals surface area contributed by atoms with Gasteiger partial charge >= 0.3 is 0 Å². The summed E-state index contributed by atoms with van der Waals surface area (Å²) in [6, 6.07) is 21.5. The van der Waals surface area contributed by atoms with Crippen molar-refractivity contribution in [2.24, 2.45) is 5.14 Å². The van der Waals surface area contributed by atoms with Gasteiger partial charge in [-0.3, -0.25) is 9.69 Å². The van der Waals surface area contributed by atoms with Gasteiger partial charge in [-0.05, 0) is 93.7 Å². The smallest absolute Gasteiger partial charge is 0.256 e. The van der Waals surface area contributed by atoms with E-state index in [4.69, 9.17) is 10.1 Å². The van der Waals surface area contributed by atoms with E-state index in [1.165, 1.54) is 28.8 Å². The number of fused-ring (bicyclic) bond motifs is 3. The fraction of sp³-hybridized carbons (Fsp3) is 0.429. The number of aryl methyl sites for hydroxylation is 1. The molecule has 11 heteroatoms. The standard InChI is InChI=1S/C35H39F2N5O3S/c1-23-39-31-9-5-6-10-32(31)42(23)27-19-25-11-12-26(20-27)41(25)18-15-35(24-7-3-2-4-8-24)13-16-40(17-14-35)34(43)29-21-28(46(38,44)45)22-30(36)33(29)37/h2-10,21-22,25-27H,11-20H2,1H3,(H2,38,44,45). The Kier molecular flexibility index (Phi) is 7.97. The van der Waals surface area contributed by atoms with Crippen molar-refractivity contribution in [2.75, 3.05) is 19.6 Å². The molecule has 3 fully saturated rings. The highest BCUT2D eigenvalue weighted by Gasteiger charge is 2.44. The number of carbonyl (C=O) groups is 1. The van der Waals surface area contributed by atoms with E-state index in [1.807, 2.05) is 24.3 Å². The number of primary sulfonamides is 1. The van der Waals surface area contributed by atoms with Crippen LogP contribution in [0.4, 0.5) is 8.78 Å². The van der Waals surface area contributed by atoms with Crippen LogP contribution in [-0.2, 0) is 15.4 Å². The Morgan fingerprint density at radius 1 is 0.957 bits per heavy atom. The molecule has 4 heterocycles. The Morgan fingerprint density at radius 2 is 1.61 bits per heavy atom.